The Kier molecular flexibility index (Phi) is 3.44. The normalized spacial score (nSPS) is 15.2. The predicted molar refractivity (Wildman–Crippen MR) is 78.8 cm³/mol. The summed E-state index contributed by atoms with van der Waals surface area (Å²) in [7, 11) is 1.96. The molecular weight excluding hydrogens is 256 g/mol. The molecule has 1 aliphatic heterocycles. The van der Waals surface area contributed by atoms with Crippen molar-refractivity contribution in [3.8, 4) is 0 Å². The first-order chi connectivity index (χ1) is 9.31. The molecule has 0 amide bonds. The van der Waals surface area contributed by atoms with E-state index in [1.807, 2.05) is 35.9 Å². The maximum absolute atomic E-state index is 11.8. The zero-order valence-corrected chi connectivity index (χ0v) is 11.6. The van der Waals surface area contributed by atoms with Gasteiger partial charge in [-0.15, -0.1) is 11.8 Å². The van der Waals surface area contributed by atoms with E-state index in [4.69, 9.17) is 0 Å². The van der Waals surface area contributed by atoms with Crippen molar-refractivity contribution < 1.29 is 0 Å². The average molecular weight is 272 g/mol. The Hall–Kier alpha value is -1.52. The van der Waals surface area contributed by atoms with E-state index in [9.17, 15) is 4.79 Å². The molecular formula is C15H16N2OS. The van der Waals surface area contributed by atoms with Gasteiger partial charge < -0.3 is 9.88 Å². The maximum Gasteiger partial charge on any atom is 0.251 e. The molecule has 1 aromatic carbocycles. The molecule has 19 heavy (non-hydrogen) atoms. The lowest BCUT2D eigenvalue weighted by Crippen LogP contribution is -2.24. The monoisotopic (exact) mass is 272 g/mol. The highest BCUT2D eigenvalue weighted by molar-refractivity contribution is 7.99. The van der Waals surface area contributed by atoms with Crippen LogP contribution in [0.4, 0.5) is 0 Å². The van der Waals surface area contributed by atoms with Crippen LogP contribution in [-0.4, -0.2) is 17.4 Å². The molecule has 3 nitrogen and oxygen atoms in total. The van der Waals surface area contributed by atoms with Crippen LogP contribution in [0.3, 0.4) is 0 Å². The Morgan fingerprint density at radius 2 is 2.00 bits per heavy atom. The Morgan fingerprint density at radius 3 is 2.74 bits per heavy atom. The Morgan fingerprint density at radius 1 is 1.21 bits per heavy atom. The fourth-order valence-electron chi connectivity index (χ4n) is 2.55. The van der Waals surface area contributed by atoms with Crippen LogP contribution in [0.2, 0.25) is 0 Å². The lowest BCUT2D eigenvalue weighted by molar-refractivity contribution is 0.623. The Balaban J connectivity index is 2.11. The number of aromatic nitrogens is 1. The number of hydrogen-bond acceptors (Lipinski definition) is 3. The van der Waals surface area contributed by atoms with E-state index in [1.54, 1.807) is 17.8 Å². The van der Waals surface area contributed by atoms with E-state index >= 15 is 0 Å². The SMILES string of the molecule is CNC(c1ccccc1)c1ccc(=O)n2c1SCC2. The summed E-state index contributed by atoms with van der Waals surface area (Å²) >= 11 is 1.77. The van der Waals surface area contributed by atoms with Crippen molar-refractivity contribution in [3.63, 3.8) is 0 Å². The lowest BCUT2D eigenvalue weighted by Gasteiger charge is -2.20. The molecule has 2 heterocycles. The van der Waals surface area contributed by atoms with Crippen LogP contribution in [0.5, 0.6) is 0 Å². The maximum atomic E-state index is 11.8. The van der Waals surface area contributed by atoms with E-state index in [1.165, 1.54) is 11.1 Å². The van der Waals surface area contributed by atoms with Gasteiger partial charge in [-0.25, -0.2) is 0 Å². The highest BCUT2D eigenvalue weighted by Gasteiger charge is 2.22. The topological polar surface area (TPSA) is 34.0 Å². The van der Waals surface area contributed by atoms with Gasteiger partial charge in [-0.3, -0.25) is 4.79 Å². The van der Waals surface area contributed by atoms with Crippen LogP contribution >= 0.6 is 11.8 Å². The molecule has 0 spiro atoms. The van der Waals surface area contributed by atoms with Gasteiger partial charge in [0.2, 0.25) is 0 Å². The summed E-state index contributed by atoms with van der Waals surface area (Å²) in [5.41, 5.74) is 2.52. The minimum absolute atomic E-state index is 0.103. The molecule has 0 radical (unpaired) electrons. The smallest absolute Gasteiger partial charge is 0.251 e. The van der Waals surface area contributed by atoms with Crippen LogP contribution in [0, 0.1) is 0 Å². The van der Waals surface area contributed by atoms with Crippen molar-refractivity contribution in [3.05, 3.63) is 63.9 Å². The van der Waals surface area contributed by atoms with Crippen LogP contribution in [0.1, 0.15) is 17.2 Å². The van der Waals surface area contributed by atoms with Crippen molar-refractivity contribution in [2.75, 3.05) is 12.8 Å². The average Bonchev–Trinajstić information content (AvgIpc) is 2.94. The van der Waals surface area contributed by atoms with E-state index in [0.717, 1.165) is 17.3 Å². The van der Waals surface area contributed by atoms with Gasteiger partial charge in [0, 0.05) is 23.9 Å². The van der Waals surface area contributed by atoms with Crippen molar-refractivity contribution >= 4 is 11.8 Å². The molecule has 0 aliphatic carbocycles. The second-order valence-electron chi connectivity index (χ2n) is 4.56. The van der Waals surface area contributed by atoms with E-state index < -0.39 is 0 Å². The number of hydrogen-bond donors (Lipinski definition) is 1. The summed E-state index contributed by atoms with van der Waals surface area (Å²) in [5, 5.41) is 4.46. The second-order valence-corrected chi connectivity index (χ2v) is 5.65. The predicted octanol–water partition coefficient (Wildman–Crippen LogP) is 2.26. The summed E-state index contributed by atoms with van der Waals surface area (Å²) in [6.45, 7) is 0.817. The number of fused-ring (bicyclic) bond motifs is 1. The summed E-state index contributed by atoms with van der Waals surface area (Å²) in [5.74, 6) is 0.984. The van der Waals surface area contributed by atoms with Gasteiger partial charge in [0.25, 0.3) is 5.56 Å². The third-order valence-corrected chi connectivity index (χ3v) is 4.57. The van der Waals surface area contributed by atoms with E-state index in [2.05, 4.69) is 17.4 Å². The fraction of sp³-hybridized carbons (Fsp3) is 0.267. The van der Waals surface area contributed by atoms with Crippen molar-refractivity contribution in [1.29, 1.82) is 0 Å². The molecule has 4 heteroatoms. The molecule has 1 aliphatic rings. The lowest BCUT2D eigenvalue weighted by atomic mass is 10.0. The van der Waals surface area contributed by atoms with Crippen molar-refractivity contribution in [1.82, 2.24) is 9.88 Å². The summed E-state index contributed by atoms with van der Waals surface area (Å²) in [6.07, 6.45) is 0. The molecule has 1 atom stereocenters. The molecule has 1 unspecified atom stereocenters. The zero-order valence-electron chi connectivity index (χ0n) is 10.8. The minimum atomic E-state index is 0.103. The van der Waals surface area contributed by atoms with Crippen LogP contribution in [-0.2, 0) is 6.54 Å². The highest BCUT2D eigenvalue weighted by atomic mass is 32.2. The summed E-state index contributed by atoms with van der Waals surface area (Å²) < 4.78 is 1.88. The van der Waals surface area contributed by atoms with Crippen LogP contribution in [0.25, 0.3) is 0 Å². The molecule has 0 saturated carbocycles. The quantitative estimate of drug-likeness (QED) is 0.930. The molecule has 1 aromatic heterocycles. The highest BCUT2D eigenvalue weighted by Crippen LogP contribution is 2.33. The van der Waals surface area contributed by atoms with Gasteiger partial charge in [0.15, 0.2) is 0 Å². The first kappa shape index (κ1) is 12.5. The van der Waals surface area contributed by atoms with Gasteiger partial charge in [0.1, 0.15) is 0 Å². The third-order valence-electron chi connectivity index (χ3n) is 3.45. The number of nitrogens with one attached hydrogen (secondary N) is 1. The first-order valence-electron chi connectivity index (χ1n) is 6.40. The van der Waals surface area contributed by atoms with Crippen LogP contribution in [0.15, 0.2) is 52.3 Å². The second kappa shape index (κ2) is 5.23. The first-order valence-corrected chi connectivity index (χ1v) is 7.38. The molecule has 2 aromatic rings. The van der Waals surface area contributed by atoms with Gasteiger partial charge in [-0.2, -0.15) is 0 Å². The third kappa shape index (κ3) is 2.22. The van der Waals surface area contributed by atoms with Crippen molar-refractivity contribution in [2.24, 2.45) is 0 Å². The molecule has 0 bridgehead atoms. The molecule has 0 saturated heterocycles. The molecule has 3 rings (SSSR count). The number of rotatable bonds is 3. The van der Waals surface area contributed by atoms with Gasteiger partial charge in [-0.1, -0.05) is 30.3 Å². The number of nitrogens with zero attached hydrogens (tertiary/aromatic N) is 1. The molecule has 0 fully saturated rings. The van der Waals surface area contributed by atoms with Gasteiger partial charge in [0.05, 0.1) is 11.1 Å². The van der Waals surface area contributed by atoms with Gasteiger partial charge in [-0.05, 0) is 18.7 Å². The Bertz CT molecular complexity index is 636. The zero-order chi connectivity index (χ0) is 13.2. The largest absolute Gasteiger partial charge is 0.309 e. The van der Waals surface area contributed by atoms with Gasteiger partial charge >= 0.3 is 0 Å². The Labute approximate surface area is 116 Å². The standard InChI is InChI=1S/C15H16N2OS/c1-16-14(11-5-3-2-4-6-11)12-7-8-13(18)17-9-10-19-15(12)17/h2-8,14,16H,9-10H2,1H3. The molecule has 1 N–H and O–H groups in total. The molecule has 98 valence electrons. The minimum Gasteiger partial charge on any atom is -0.309 e. The van der Waals surface area contributed by atoms with Crippen molar-refractivity contribution in [2.45, 2.75) is 17.6 Å². The van der Waals surface area contributed by atoms with Crippen LogP contribution < -0.4 is 10.9 Å². The number of benzene rings is 1. The van der Waals surface area contributed by atoms with E-state index in [0.29, 0.717) is 0 Å². The van der Waals surface area contributed by atoms with E-state index in [-0.39, 0.29) is 11.6 Å². The fourth-order valence-corrected chi connectivity index (χ4v) is 3.71. The number of pyridine rings is 1. The number of thioether (sulfide) groups is 1. The summed E-state index contributed by atoms with van der Waals surface area (Å²) in [4.78, 5) is 11.8. The summed E-state index contributed by atoms with van der Waals surface area (Å²) in [6, 6.07) is 14.1.